The predicted molar refractivity (Wildman–Crippen MR) is 68.0 cm³/mol. The van der Waals surface area contributed by atoms with Gasteiger partial charge in [-0.2, -0.15) is 5.10 Å². The van der Waals surface area contributed by atoms with Gasteiger partial charge >= 0.3 is 0 Å². The number of rotatable bonds is 3. The molecule has 0 bridgehead atoms. The van der Waals surface area contributed by atoms with Gasteiger partial charge in [-0.1, -0.05) is 0 Å². The summed E-state index contributed by atoms with van der Waals surface area (Å²) >= 11 is 4.98. The van der Waals surface area contributed by atoms with Crippen LogP contribution >= 0.6 is 27.3 Å². The Bertz CT molecular complexity index is 530. The van der Waals surface area contributed by atoms with Crippen molar-refractivity contribution in [1.29, 1.82) is 0 Å². The van der Waals surface area contributed by atoms with Crippen LogP contribution in [0.4, 0.5) is 0 Å². The molecule has 2 aromatic heterocycles. The topological polar surface area (TPSA) is 34.9 Å². The summed E-state index contributed by atoms with van der Waals surface area (Å²) in [5, 5.41) is 4.17. The maximum Gasteiger partial charge on any atom is 0.186 e. The molecule has 0 aromatic carbocycles. The van der Waals surface area contributed by atoms with E-state index in [-0.39, 0.29) is 5.78 Å². The molecule has 0 amide bonds. The van der Waals surface area contributed by atoms with Crippen molar-refractivity contribution >= 4 is 33.0 Å². The lowest BCUT2D eigenvalue weighted by atomic mass is 10.2. The lowest BCUT2D eigenvalue weighted by molar-refractivity contribution is 0.0985. The van der Waals surface area contributed by atoms with Gasteiger partial charge in [-0.15, -0.1) is 11.3 Å². The summed E-state index contributed by atoms with van der Waals surface area (Å²) in [6, 6.07) is 5.75. The van der Waals surface area contributed by atoms with Gasteiger partial charge in [0.1, 0.15) is 5.69 Å². The smallest absolute Gasteiger partial charge is 0.186 e. The van der Waals surface area contributed by atoms with Crippen LogP contribution in [-0.2, 0) is 13.5 Å². The lowest BCUT2D eigenvalue weighted by Gasteiger charge is -1.98. The molecule has 0 radical (unpaired) electrons. The molecule has 2 rings (SSSR count). The number of aryl methyl sites for hydroxylation is 2. The molecule has 3 nitrogen and oxygen atoms in total. The number of halogens is 1. The molecule has 0 spiro atoms. The summed E-state index contributed by atoms with van der Waals surface area (Å²) in [5.74, 6) is 0.109. The van der Waals surface area contributed by atoms with Crippen molar-refractivity contribution in [3.05, 3.63) is 38.3 Å². The first-order valence-corrected chi connectivity index (χ1v) is 6.45. The van der Waals surface area contributed by atoms with Gasteiger partial charge in [0.25, 0.3) is 0 Å². The molecule has 0 N–H and O–H groups in total. The Morgan fingerprint density at radius 1 is 1.56 bits per heavy atom. The SMILES string of the molecule is Cc1cc(C(=O)Cc2ccc(Br)s2)n(C)n1. The highest BCUT2D eigenvalue weighted by molar-refractivity contribution is 9.11. The first kappa shape index (κ1) is 11.5. The average Bonchev–Trinajstić information content (AvgIpc) is 2.73. The van der Waals surface area contributed by atoms with Gasteiger partial charge in [0.05, 0.1) is 9.48 Å². The van der Waals surface area contributed by atoms with E-state index in [9.17, 15) is 4.79 Å². The molecule has 0 saturated heterocycles. The van der Waals surface area contributed by atoms with Crippen molar-refractivity contribution in [3.63, 3.8) is 0 Å². The van der Waals surface area contributed by atoms with E-state index in [0.29, 0.717) is 12.1 Å². The summed E-state index contributed by atoms with van der Waals surface area (Å²) < 4.78 is 2.69. The Kier molecular flexibility index (Phi) is 3.25. The highest BCUT2D eigenvalue weighted by Gasteiger charge is 2.13. The third-order valence-electron chi connectivity index (χ3n) is 2.25. The third kappa shape index (κ3) is 2.41. The van der Waals surface area contributed by atoms with Crippen molar-refractivity contribution in [2.24, 2.45) is 7.05 Å². The quantitative estimate of drug-likeness (QED) is 0.817. The highest BCUT2D eigenvalue weighted by atomic mass is 79.9. The van der Waals surface area contributed by atoms with Gasteiger partial charge in [0.15, 0.2) is 5.78 Å². The fourth-order valence-electron chi connectivity index (χ4n) is 1.57. The van der Waals surface area contributed by atoms with Gasteiger partial charge in [0.2, 0.25) is 0 Å². The van der Waals surface area contributed by atoms with E-state index in [2.05, 4.69) is 21.0 Å². The number of carbonyl (C=O) groups excluding carboxylic acids is 1. The summed E-state index contributed by atoms with van der Waals surface area (Å²) in [5.41, 5.74) is 1.54. The first-order chi connectivity index (χ1) is 7.56. The maximum atomic E-state index is 12.0. The molecule has 0 aliphatic carbocycles. The van der Waals surface area contributed by atoms with Crippen LogP contribution in [0.1, 0.15) is 21.1 Å². The van der Waals surface area contributed by atoms with Crippen molar-refractivity contribution in [2.45, 2.75) is 13.3 Å². The van der Waals surface area contributed by atoms with Crippen LogP contribution < -0.4 is 0 Å². The number of aromatic nitrogens is 2. The largest absolute Gasteiger partial charge is 0.292 e. The molecular weight excluding hydrogens is 288 g/mol. The Balaban J connectivity index is 2.17. The van der Waals surface area contributed by atoms with E-state index < -0.39 is 0 Å². The molecule has 0 aliphatic rings. The zero-order valence-corrected chi connectivity index (χ0v) is 11.4. The lowest BCUT2D eigenvalue weighted by Crippen LogP contribution is -2.08. The van der Waals surface area contributed by atoms with Crippen LogP contribution in [0.3, 0.4) is 0 Å². The number of hydrogen-bond acceptors (Lipinski definition) is 3. The van der Waals surface area contributed by atoms with Crippen molar-refractivity contribution in [2.75, 3.05) is 0 Å². The number of hydrogen-bond donors (Lipinski definition) is 0. The molecule has 0 atom stereocenters. The van der Waals surface area contributed by atoms with Gasteiger partial charge < -0.3 is 0 Å². The average molecular weight is 299 g/mol. The van der Waals surface area contributed by atoms with Crippen LogP contribution in [0.25, 0.3) is 0 Å². The number of thiophene rings is 1. The van der Waals surface area contributed by atoms with E-state index in [1.165, 1.54) is 0 Å². The molecule has 0 saturated carbocycles. The monoisotopic (exact) mass is 298 g/mol. The Hall–Kier alpha value is -0.940. The van der Waals surface area contributed by atoms with Crippen LogP contribution in [-0.4, -0.2) is 15.6 Å². The Morgan fingerprint density at radius 3 is 2.81 bits per heavy atom. The second kappa shape index (κ2) is 4.51. The molecule has 16 heavy (non-hydrogen) atoms. The van der Waals surface area contributed by atoms with E-state index in [0.717, 1.165) is 14.4 Å². The van der Waals surface area contributed by atoms with Crippen molar-refractivity contribution in [3.8, 4) is 0 Å². The standard InChI is InChI=1S/C11H11BrN2OS/c1-7-5-9(14(2)13-7)10(15)6-8-3-4-11(12)16-8/h3-5H,6H2,1-2H3. The number of ketones is 1. The van der Waals surface area contributed by atoms with Crippen molar-refractivity contribution in [1.82, 2.24) is 9.78 Å². The normalized spacial score (nSPS) is 10.7. The minimum atomic E-state index is 0.109. The minimum Gasteiger partial charge on any atom is -0.292 e. The molecular formula is C11H11BrN2OS. The van der Waals surface area contributed by atoms with E-state index in [4.69, 9.17) is 0 Å². The molecule has 2 heterocycles. The molecule has 0 unspecified atom stereocenters. The van der Waals surface area contributed by atoms with Crippen molar-refractivity contribution < 1.29 is 4.79 Å². The second-order valence-corrected chi connectivity index (χ2v) is 6.15. The first-order valence-electron chi connectivity index (χ1n) is 4.84. The minimum absolute atomic E-state index is 0.109. The zero-order valence-electron chi connectivity index (χ0n) is 9.03. The molecule has 2 aromatic rings. The predicted octanol–water partition coefficient (Wildman–Crippen LogP) is 2.98. The van der Waals surface area contributed by atoms with Crippen LogP contribution in [0.15, 0.2) is 22.0 Å². The number of carbonyl (C=O) groups is 1. The molecule has 0 aliphatic heterocycles. The molecule has 5 heteroatoms. The van der Waals surface area contributed by atoms with Gasteiger partial charge in [-0.05, 0) is 41.1 Å². The van der Waals surface area contributed by atoms with E-state index >= 15 is 0 Å². The summed E-state index contributed by atoms with van der Waals surface area (Å²) in [7, 11) is 1.80. The summed E-state index contributed by atoms with van der Waals surface area (Å²) in [6.45, 7) is 1.89. The van der Waals surface area contributed by atoms with E-state index in [1.807, 2.05) is 25.1 Å². The maximum absolute atomic E-state index is 12.0. The highest BCUT2D eigenvalue weighted by Crippen LogP contribution is 2.23. The third-order valence-corrected chi connectivity index (χ3v) is 3.87. The Morgan fingerprint density at radius 2 is 2.31 bits per heavy atom. The van der Waals surface area contributed by atoms with Crippen LogP contribution in [0.2, 0.25) is 0 Å². The summed E-state index contributed by atoms with van der Waals surface area (Å²) in [6.07, 6.45) is 0.440. The van der Waals surface area contributed by atoms with Crippen LogP contribution in [0.5, 0.6) is 0 Å². The Labute approximate surface area is 106 Å². The number of nitrogens with zero attached hydrogens (tertiary/aromatic N) is 2. The molecule has 84 valence electrons. The van der Waals surface area contributed by atoms with Crippen LogP contribution in [0, 0.1) is 6.92 Å². The summed E-state index contributed by atoms with van der Waals surface area (Å²) in [4.78, 5) is 13.1. The van der Waals surface area contributed by atoms with Gasteiger partial charge in [-0.3, -0.25) is 9.48 Å². The van der Waals surface area contributed by atoms with Gasteiger partial charge in [-0.25, -0.2) is 0 Å². The zero-order chi connectivity index (χ0) is 11.7. The second-order valence-electron chi connectivity index (χ2n) is 3.60. The molecule has 0 fully saturated rings. The van der Waals surface area contributed by atoms with E-state index in [1.54, 1.807) is 23.1 Å². The van der Waals surface area contributed by atoms with Gasteiger partial charge in [0, 0.05) is 18.3 Å². The fraction of sp³-hybridized carbons (Fsp3) is 0.273. The number of Topliss-reactive ketones (excluding diaryl/α,β-unsaturated/α-hetero) is 1. The fourth-order valence-corrected chi connectivity index (χ4v) is 3.05.